The Morgan fingerprint density at radius 2 is 1.36 bits per heavy atom. The van der Waals surface area contributed by atoms with Gasteiger partial charge < -0.3 is 24.6 Å². The quantitative estimate of drug-likeness (QED) is 0.122. The Labute approximate surface area is 261 Å². The molecule has 0 aromatic heterocycles. The average Bonchev–Trinajstić information content (AvgIpc) is 3.35. The summed E-state index contributed by atoms with van der Waals surface area (Å²) in [4.78, 5) is 42.0. The second-order valence-corrected chi connectivity index (χ2v) is 10.9. The SMILES string of the molecule is CCN(CC)c1ccc2c(c1)Oc1cc(N(CC)CC)ccc1C21OC(=O)c2c(NC(=O)c3ccc([N+](=O)[O-])cc3)cccc21. The number of nitro groups is 1. The molecule has 2 heterocycles. The van der Waals surface area contributed by atoms with Crippen LogP contribution in [0.5, 0.6) is 11.5 Å². The summed E-state index contributed by atoms with van der Waals surface area (Å²) in [7, 11) is 0. The Kier molecular flexibility index (Phi) is 7.66. The zero-order valence-corrected chi connectivity index (χ0v) is 25.6. The van der Waals surface area contributed by atoms with Crippen molar-refractivity contribution in [3.8, 4) is 11.5 Å². The van der Waals surface area contributed by atoms with Crippen molar-refractivity contribution in [1.29, 1.82) is 0 Å². The van der Waals surface area contributed by atoms with Crippen LogP contribution in [-0.2, 0) is 10.3 Å². The van der Waals surface area contributed by atoms with E-state index in [-0.39, 0.29) is 22.5 Å². The third kappa shape index (κ3) is 4.82. The molecule has 4 aromatic carbocycles. The Hall–Kier alpha value is -5.38. The van der Waals surface area contributed by atoms with Crippen molar-refractivity contribution >= 4 is 34.6 Å². The lowest BCUT2D eigenvalue weighted by atomic mass is 9.77. The van der Waals surface area contributed by atoms with Crippen LogP contribution >= 0.6 is 0 Å². The third-order valence-corrected chi connectivity index (χ3v) is 8.65. The van der Waals surface area contributed by atoms with Gasteiger partial charge >= 0.3 is 5.97 Å². The second kappa shape index (κ2) is 11.6. The molecular formula is C35H34N4O6. The summed E-state index contributed by atoms with van der Waals surface area (Å²) < 4.78 is 13.0. The van der Waals surface area contributed by atoms with E-state index in [9.17, 15) is 19.7 Å². The van der Waals surface area contributed by atoms with Crippen molar-refractivity contribution in [2.75, 3.05) is 41.3 Å². The predicted molar refractivity (Wildman–Crippen MR) is 173 cm³/mol. The lowest BCUT2D eigenvalue weighted by molar-refractivity contribution is -0.384. The standard InChI is InChI=1S/C35H34N4O6/c1-5-37(6-2)24-16-18-26-30(20-24)44-31-21-25(38(7-3)8-4)17-19-27(31)35(26)28-10-9-11-29(32(28)34(41)45-35)36-33(40)22-12-14-23(15-13-22)39(42)43/h9-21H,5-8H2,1-4H3,(H,36,40). The molecule has 10 nitrogen and oxygen atoms in total. The number of nitrogens with one attached hydrogen (secondary N) is 1. The minimum absolute atomic E-state index is 0.122. The number of esters is 1. The van der Waals surface area contributed by atoms with Crippen LogP contribution in [0.4, 0.5) is 22.7 Å². The molecule has 1 N–H and O–H groups in total. The zero-order valence-electron chi connectivity index (χ0n) is 25.6. The molecular weight excluding hydrogens is 572 g/mol. The first-order valence-corrected chi connectivity index (χ1v) is 15.1. The van der Waals surface area contributed by atoms with Crippen molar-refractivity contribution in [3.05, 3.63) is 117 Å². The highest BCUT2D eigenvalue weighted by molar-refractivity contribution is 6.10. The Morgan fingerprint density at radius 3 is 1.87 bits per heavy atom. The topological polar surface area (TPSA) is 114 Å². The van der Waals surface area contributed by atoms with E-state index in [2.05, 4.69) is 42.8 Å². The van der Waals surface area contributed by atoms with Gasteiger partial charge in [0.1, 0.15) is 11.5 Å². The highest BCUT2D eigenvalue weighted by atomic mass is 16.6. The van der Waals surface area contributed by atoms with Gasteiger partial charge in [0.2, 0.25) is 0 Å². The van der Waals surface area contributed by atoms with Crippen molar-refractivity contribution in [1.82, 2.24) is 0 Å². The Bertz CT molecular complexity index is 1750. The monoisotopic (exact) mass is 606 g/mol. The Balaban J connectivity index is 1.50. The molecule has 0 bridgehead atoms. The number of hydrogen-bond donors (Lipinski definition) is 1. The van der Waals surface area contributed by atoms with E-state index in [1.165, 1.54) is 24.3 Å². The fraction of sp³-hybridized carbons (Fsp3) is 0.257. The van der Waals surface area contributed by atoms with Crippen LogP contribution in [0.15, 0.2) is 78.9 Å². The van der Waals surface area contributed by atoms with Crippen LogP contribution in [0.2, 0.25) is 0 Å². The number of non-ortho nitro benzene ring substituents is 1. The molecule has 0 atom stereocenters. The molecule has 10 heteroatoms. The van der Waals surface area contributed by atoms with Gasteiger partial charge in [0.15, 0.2) is 5.60 Å². The molecule has 2 aliphatic rings. The highest BCUT2D eigenvalue weighted by Crippen LogP contribution is 2.58. The lowest BCUT2D eigenvalue weighted by Gasteiger charge is -2.38. The summed E-state index contributed by atoms with van der Waals surface area (Å²) in [5.41, 5.74) is 3.26. The van der Waals surface area contributed by atoms with Crippen LogP contribution in [0.3, 0.4) is 0 Å². The highest BCUT2D eigenvalue weighted by Gasteiger charge is 2.54. The summed E-state index contributed by atoms with van der Waals surface area (Å²) >= 11 is 0. The number of ether oxygens (including phenoxy) is 2. The molecule has 0 unspecified atom stereocenters. The van der Waals surface area contributed by atoms with E-state index in [1.807, 2.05) is 42.5 Å². The fourth-order valence-corrected chi connectivity index (χ4v) is 6.35. The summed E-state index contributed by atoms with van der Waals surface area (Å²) in [6.07, 6.45) is 0. The average molecular weight is 607 g/mol. The molecule has 45 heavy (non-hydrogen) atoms. The molecule has 0 saturated carbocycles. The number of anilines is 3. The van der Waals surface area contributed by atoms with Gasteiger partial charge in [-0.25, -0.2) is 4.79 Å². The number of benzene rings is 4. The lowest BCUT2D eigenvalue weighted by Crippen LogP contribution is -2.33. The number of amides is 1. The molecule has 0 radical (unpaired) electrons. The van der Waals surface area contributed by atoms with Gasteiger partial charge in [0.25, 0.3) is 11.6 Å². The Morgan fingerprint density at radius 1 is 0.800 bits per heavy atom. The fourth-order valence-electron chi connectivity index (χ4n) is 6.35. The van der Waals surface area contributed by atoms with Crippen LogP contribution in [0, 0.1) is 10.1 Å². The van der Waals surface area contributed by atoms with Crippen LogP contribution in [0.25, 0.3) is 0 Å². The predicted octanol–water partition coefficient (Wildman–Crippen LogP) is 7.11. The first-order chi connectivity index (χ1) is 21.7. The number of carbonyl (C=O) groups excluding carboxylic acids is 2. The normalized spacial score (nSPS) is 13.6. The van der Waals surface area contributed by atoms with Crippen molar-refractivity contribution < 1.29 is 24.0 Å². The van der Waals surface area contributed by atoms with E-state index in [0.717, 1.165) is 37.6 Å². The maximum Gasteiger partial charge on any atom is 0.342 e. The van der Waals surface area contributed by atoms with Crippen molar-refractivity contribution in [2.45, 2.75) is 33.3 Å². The number of nitrogens with zero attached hydrogens (tertiary/aromatic N) is 3. The minimum atomic E-state index is -1.31. The summed E-state index contributed by atoms with van der Waals surface area (Å²) in [6.45, 7) is 11.7. The zero-order chi connectivity index (χ0) is 31.9. The number of fused-ring (bicyclic) bond motifs is 6. The van der Waals surface area contributed by atoms with Gasteiger partial charge in [-0.15, -0.1) is 0 Å². The number of nitro benzene ring substituents is 1. The summed E-state index contributed by atoms with van der Waals surface area (Å²) in [6, 6.07) is 22.5. The van der Waals surface area contributed by atoms with E-state index < -0.39 is 22.4 Å². The van der Waals surface area contributed by atoms with Gasteiger partial charge in [-0.1, -0.05) is 12.1 Å². The van der Waals surface area contributed by atoms with E-state index in [4.69, 9.17) is 9.47 Å². The maximum absolute atomic E-state index is 13.8. The number of hydrogen-bond acceptors (Lipinski definition) is 8. The molecule has 0 fully saturated rings. The smallest absolute Gasteiger partial charge is 0.342 e. The van der Waals surface area contributed by atoms with Gasteiger partial charge in [-0.2, -0.15) is 0 Å². The second-order valence-electron chi connectivity index (χ2n) is 10.9. The molecule has 6 rings (SSSR count). The third-order valence-electron chi connectivity index (χ3n) is 8.65. The van der Waals surface area contributed by atoms with E-state index in [1.54, 1.807) is 12.1 Å². The molecule has 230 valence electrons. The van der Waals surface area contributed by atoms with Crippen LogP contribution in [-0.4, -0.2) is 43.0 Å². The first-order valence-electron chi connectivity index (χ1n) is 15.1. The maximum atomic E-state index is 13.8. The first kappa shape index (κ1) is 29.7. The number of rotatable bonds is 9. The molecule has 0 aliphatic carbocycles. The van der Waals surface area contributed by atoms with E-state index in [0.29, 0.717) is 28.2 Å². The van der Waals surface area contributed by atoms with Crippen LogP contribution in [0.1, 0.15) is 65.1 Å². The molecule has 4 aromatic rings. The molecule has 1 spiro atoms. The van der Waals surface area contributed by atoms with Gasteiger partial charge in [-0.3, -0.25) is 14.9 Å². The van der Waals surface area contributed by atoms with Gasteiger partial charge in [-0.05, 0) is 70.2 Å². The molecule has 1 amide bonds. The molecule has 0 saturated heterocycles. The van der Waals surface area contributed by atoms with Crippen LogP contribution < -0.4 is 19.9 Å². The van der Waals surface area contributed by atoms with Gasteiger partial charge in [0.05, 0.1) is 16.2 Å². The largest absolute Gasteiger partial charge is 0.456 e. The summed E-state index contributed by atoms with van der Waals surface area (Å²) in [5.74, 6) is 0.0886. The minimum Gasteiger partial charge on any atom is -0.456 e. The van der Waals surface area contributed by atoms with Crippen molar-refractivity contribution in [2.24, 2.45) is 0 Å². The summed E-state index contributed by atoms with van der Waals surface area (Å²) in [5, 5.41) is 13.9. The number of carbonyl (C=O) groups is 2. The van der Waals surface area contributed by atoms with Gasteiger partial charge in [0, 0.05) is 84.1 Å². The molecule has 2 aliphatic heterocycles. The van der Waals surface area contributed by atoms with Crippen molar-refractivity contribution in [3.63, 3.8) is 0 Å². The van der Waals surface area contributed by atoms with E-state index >= 15 is 0 Å².